The molecule has 0 spiro atoms. The number of carbonyl (C=O) groups is 1. The lowest BCUT2D eigenvalue weighted by Crippen LogP contribution is -2.39. The fraction of sp³-hybridized carbons (Fsp3) is 0.304. The number of rotatable bonds is 5. The third-order valence-electron chi connectivity index (χ3n) is 5.04. The maximum Gasteiger partial charge on any atom is 0.418 e. The first kappa shape index (κ1) is 27.8. The molecule has 1 aliphatic rings. The summed E-state index contributed by atoms with van der Waals surface area (Å²) in [5, 5.41) is 5.76. The van der Waals surface area contributed by atoms with Crippen LogP contribution in [0.15, 0.2) is 52.3 Å². The van der Waals surface area contributed by atoms with E-state index in [9.17, 15) is 31.1 Å². The molecule has 2 aromatic carbocycles. The normalized spacial score (nSPS) is 14.7. The predicted octanol–water partition coefficient (Wildman–Crippen LogP) is 5.66. The molecular formula is C23H21F6N3O2S2. The molecule has 0 aromatic heterocycles. The van der Waals surface area contributed by atoms with Gasteiger partial charge in [-0.15, -0.1) is 0 Å². The van der Waals surface area contributed by atoms with Crippen molar-refractivity contribution in [1.29, 1.82) is 0 Å². The van der Waals surface area contributed by atoms with Crippen molar-refractivity contribution < 1.29 is 35.9 Å². The summed E-state index contributed by atoms with van der Waals surface area (Å²) >= 11 is 5.53. The van der Waals surface area contributed by atoms with Gasteiger partial charge in [0.15, 0.2) is 5.11 Å². The standard InChI is InChI=1S/C23H21F6N3O2S2/c1-30-21(35)31-15-3-2-4-16(13-15)36-17-7-5-14(6-8-18(33)32-9-11-34-12-10-32)19(22(24,25)26)20(17)23(27,28)29/h2-8,13H,9-12H2,1H3,(H2,30,31,35)/b8-6+. The minimum atomic E-state index is -5.33. The average molecular weight is 550 g/mol. The van der Waals surface area contributed by atoms with Crippen LogP contribution in [0.2, 0.25) is 0 Å². The monoisotopic (exact) mass is 549 g/mol. The van der Waals surface area contributed by atoms with Gasteiger partial charge in [0.25, 0.3) is 0 Å². The molecule has 5 nitrogen and oxygen atoms in total. The Kier molecular flexibility index (Phi) is 8.90. The van der Waals surface area contributed by atoms with E-state index in [0.717, 1.165) is 24.3 Å². The lowest BCUT2D eigenvalue weighted by Gasteiger charge is -2.25. The van der Waals surface area contributed by atoms with Gasteiger partial charge in [-0.25, -0.2) is 0 Å². The molecule has 0 saturated carbocycles. The van der Waals surface area contributed by atoms with Crippen LogP contribution < -0.4 is 10.6 Å². The fourth-order valence-electron chi connectivity index (χ4n) is 3.42. The van der Waals surface area contributed by atoms with Crippen LogP contribution in [-0.2, 0) is 21.9 Å². The number of hydrogen-bond acceptors (Lipinski definition) is 4. The maximum absolute atomic E-state index is 14.0. The number of thiocarbonyl (C=S) groups is 1. The van der Waals surface area contributed by atoms with Crippen molar-refractivity contribution in [3.05, 3.63) is 59.2 Å². The van der Waals surface area contributed by atoms with E-state index in [4.69, 9.17) is 17.0 Å². The Hall–Kier alpha value is -2.77. The molecule has 0 atom stereocenters. The summed E-state index contributed by atoms with van der Waals surface area (Å²) in [5.74, 6) is -0.609. The van der Waals surface area contributed by atoms with E-state index >= 15 is 0 Å². The SMILES string of the molecule is CNC(=S)Nc1cccc(Sc2ccc(/C=C/C(=O)N3CCOCC3)c(C(F)(F)F)c2C(F)(F)F)c1. The number of halogens is 6. The van der Waals surface area contributed by atoms with Crippen molar-refractivity contribution in [2.75, 3.05) is 38.7 Å². The number of nitrogens with one attached hydrogen (secondary N) is 2. The first-order valence-corrected chi connectivity index (χ1v) is 11.8. The smallest absolute Gasteiger partial charge is 0.378 e. The van der Waals surface area contributed by atoms with Gasteiger partial charge in [0, 0.05) is 41.7 Å². The highest BCUT2D eigenvalue weighted by molar-refractivity contribution is 7.99. The van der Waals surface area contributed by atoms with Gasteiger partial charge >= 0.3 is 12.4 Å². The molecule has 2 N–H and O–H groups in total. The third-order valence-corrected chi connectivity index (χ3v) is 6.40. The number of anilines is 1. The number of morpholine rings is 1. The van der Waals surface area contributed by atoms with Gasteiger partial charge in [0.1, 0.15) is 0 Å². The van der Waals surface area contributed by atoms with Crippen LogP contribution in [-0.4, -0.2) is 49.3 Å². The number of amides is 1. The molecule has 0 bridgehead atoms. The zero-order valence-electron chi connectivity index (χ0n) is 18.8. The quantitative estimate of drug-likeness (QED) is 0.285. The lowest BCUT2D eigenvalue weighted by atomic mass is 9.99. The van der Waals surface area contributed by atoms with Crippen molar-refractivity contribution in [3.63, 3.8) is 0 Å². The van der Waals surface area contributed by atoms with Crippen LogP contribution in [0.3, 0.4) is 0 Å². The van der Waals surface area contributed by atoms with Crippen LogP contribution in [0.1, 0.15) is 16.7 Å². The Bertz CT molecular complexity index is 1150. The van der Waals surface area contributed by atoms with E-state index < -0.39 is 39.8 Å². The molecular weight excluding hydrogens is 528 g/mol. The van der Waals surface area contributed by atoms with Crippen molar-refractivity contribution in [2.24, 2.45) is 0 Å². The number of alkyl halides is 6. The molecule has 36 heavy (non-hydrogen) atoms. The van der Waals surface area contributed by atoms with Crippen molar-refractivity contribution >= 4 is 46.8 Å². The van der Waals surface area contributed by atoms with Gasteiger partial charge in [-0.05, 0) is 48.1 Å². The molecule has 194 valence electrons. The largest absolute Gasteiger partial charge is 0.418 e. The third kappa shape index (κ3) is 7.14. The highest BCUT2D eigenvalue weighted by Crippen LogP contribution is 2.48. The molecule has 1 amide bonds. The number of ether oxygens (including phenoxy) is 1. The van der Waals surface area contributed by atoms with Gasteiger partial charge in [-0.2, -0.15) is 26.3 Å². The second-order valence-corrected chi connectivity index (χ2v) is 9.03. The molecule has 1 fully saturated rings. The molecule has 1 heterocycles. The van der Waals surface area contributed by atoms with Gasteiger partial charge in [0.05, 0.1) is 24.3 Å². The Labute approximate surface area is 212 Å². The van der Waals surface area contributed by atoms with E-state index in [1.807, 2.05) is 0 Å². The van der Waals surface area contributed by atoms with E-state index in [1.165, 1.54) is 23.1 Å². The van der Waals surface area contributed by atoms with E-state index in [2.05, 4.69) is 10.6 Å². The fourth-order valence-corrected chi connectivity index (χ4v) is 4.58. The zero-order valence-corrected chi connectivity index (χ0v) is 20.4. The highest BCUT2D eigenvalue weighted by Gasteiger charge is 2.46. The number of benzene rings is 2. The Morgan fingerprint density at radius 1 is 1.06 bits per heavy atom. The van der Waals surface area contributed by atoms with E-state index in [-0.39, 0.29) is 36.3 Å². The van der Waals surface area contributed by atoms with Gasteiger partial charge in [-0.3, -0.25) is 4.79 Å². The van der Waals surface area contributed by atoms with Crippen molar-refractivity contribution in [3.8, 4) is 0 Å². The van der Waals surface area contributed by atoms with E-state index in [1.54, 1.807) is 13.1 Å². The second-order valence-electron chi connectivity index (χ2n) is 7.50. The summed E-state index contributed by atoms with van der Waals surface area (Å²) in [6, 6.07) is 7.99. The summed E-state index contributed by atoms with van der Waals surface area (Å²) < 4.78 is 89.2. The van der Waals surface area contributed by atoms with Crippen LogP contribution >= 0.6 is 24.0 Å². The molecule has 1 saturated heterocycles. The minimum absolute atomic E-state index is 0.242. The molecule has 0 radical (unpaired) electrons. The maximum atomic E-state index is 14.0. The summed E-state index contributed by atoms with van der Waals surface area (Å²) in [4.78, 5) is 13.3. The summed E-state index contributed by atoms with van der Waals surface area (Å²) in [5.41, 5.74) is -3.97. The first-order chi connectivity index (χ1) is 16.9. The average Bonchev–Trinajstić information content (AvgIpc) is 2.82. The molecule has 3 rings (SSSR count). The first-order valence-electron chi connectivity index (χ1n) is 10.5. The van der Waals surface area contributed by atoms with Crippen molar-refractivity contribution in [2.45, 2.75) is 22.1 Å². The molecule has 2 aromatic rings. The molecule has 13 heteroatoms. The van der Waals surface area contributed by atoms with Gasteiger partial charge < -0.3 is 20.3 Å². The number of carbonyl (C=O) groups excluding carboxylic acids is 1. The zero-order chi connectivity index (χ0) is 26.5. The van der Waals surface area contributed by atoms with Gasteiger partial charge in [-0.1, -0.05) is 23.9 Å². The van der Waals surface area contributed by atoms with Crippen LogP contribution in [0, 0.1) is 0 Å². The van der Waals surface area contributed by atoms with Crippen LogP contribution in [0.4, 0.5) is 32.0 Å². The lowest BCUT2D eigenvalue weighted by molar-refractivity contribution is -0.163. The van der Waals surface area contributed by atoms with Crippen LogP contribution in [0.25, 0.3) is 6.08 Å². The summed E-state index contributed by atoms with van der Waals surface area (Å²) in [6.07, 6.45) is -9.02. The van der Waals surface area contributed by atoms with E-state index in [0.29, 0.717) is 17.4 Å². The van der Waals surface area contributed by atoms with Gasteiger partial charge in [0.2, 0.25) is 5.91 Å². The Morgan fingerprint density at radius 3 is 2.33 bits per heavy atom. The minimum Gasteiger partial charge on any atom is -0.378 e. The van der Waals surface area contributed by atoms with Crippen molar-refractivity contribution in [1.82, 2.24) is 10.2 Å². The topological polar surface area (TPSA) is 53.6 Å². The summed E-state index contributed by atoms with van der Waals surface area (Å²) in [7, 11) is 1.58. The molecule has 0 unspecified atom stereocenters. The van der Waals surface area contributed by atoms with Crippen LogP contribution in [0.5, 0.6) is 0 Å². The number of nitrogens with zero attached hydrogens (tertiary/aromatic N) is 1. The molecule has 0 aliphatic carbocycles. The second kappa shape index (κ2) is 11.5. The Balaban J connectivity index is 2.02. The molecule has 1 aliphatic heterocycles. The Morgan fingerprint density at radius 2 is 1.72 bits per heavy atom. The predicted molar refractivity (Wildman–Crippen MR) is 129 cm³/mol. The number of hydrogen-bond donors (Lipinski definition) is 2. The summed E-state index contributed by atoms with van der Waals surface area (Å²) in [6.45, 7) is 1.03. The highest BCUT2D eigenvalue weighted by atomic mass is 32.2.